The molecule has 1 fully saturated rings. The molecule has 4 heteroatoms. The Bertz CT molecular complexity index is 389. The highest BCUT2D eigenvalue weighted by atomic mass is 16.7. The van der Waals surface area contributed by atoms with Crippen molar-refractivity contribution in [3.05, 3.63) is 18.2 Å². The number of ether oxygens (including phenoxy) is 2. The van der Waals surface area contributed by atoms with Crippen LogP contribution < -0.4 is 19.7 Å². The molecule has 2 aliphatic heterocycles. The Kier molecular flexibility index (Phi) is 2.36. The molecule has 1 N–H and O–H groups in total. The summed E-state index contributed by atoms with van der Waals surface area (Å²) < 4.78 is 10.7. The highest BCUT2D eigenvalue weighted by molar-refractivity contribution is 5.57. The van der Waals surface area contributed by atoms with Crippen LogP contribution in [0.5, 0.6) is 11.5 Å². The molecule has 86 valence electrons. The zero-order chi connectivity index (χ0) is 11.0. The second kappa shape index (κ2) is 3.87. The maximum absolute atomic E-state index is 5.39. The quantitative estimate of drug-likeness (QED) is 0.812. The number of anilines is 1. The Hall–Kier alpha value is -1.42. The summed E-state index contributed by atoms with van der Waals surface area (Å²) in [6.07, 6.45) is 1.20. The molecule has 2 heterocycles. The molecule has 0 amide bonds. The van der Waals surface area contributed by atoms with Crippen molar-refractivity contribution in [1.82, 2.24) is 5.32 Å². The summed E-state index contributed by atoms with van der Waals surface area (Å²) in [6, 6.07) is 6.71. The van der Waals surface area contributed by atoms with Crippen LogP contribution in [-0.4, -0.2) is 33.0 Å². The van der Waals surface area contributed by atoms with Gasteiger partial charge in [0.15, 0.2) is 11.5 Å². The van der Waals surface area contributed by atoms with Gasteiger partial charge < -0.3 is 19.7 Å². The van der Waals surface area contributed by atoms with Gasteiger partial charge in [0, 0.05) is 31.4 Å². The zero-order valence-corrected chi connectivity index (χ0v) is 9.40. The Balaban J connectivity index is 1.83. The topological polar surface area (TPSA) is 33.7 Å². The molecule has 3 rings (SSSR count). The molecule has 0 saturated carbocycles. The number of nitrogens with zero attached hydrogens (tertiary/aromatic N) is 1. The predicted octanol–water partition coefficient (Wildman–Crippen LogP) is 1.21. The van der Waals surface area contributed by atoms with Gasteiger partial charge in [-0.1, -0.05) is 0 Å². The summed E-state index contributed by atoms with van der Waals surface area (Å²) in [7, 11) is 2.13. The zero-order valence-electron chi connectivity index (χ0n) is 9.40. The number of rotatable bonds is 2. The fraction of sp³-hybridized carbons (Fsp3) is 0.500. The minimum atomic E-state index is 0.341. The standard InChI is InChI=1S/C12H16N2O2/c1-14(10-4-5-13-7-10)9-2-3-11-12(6-9)16-8-15-11/h2-3,6,10,13H,4-5,7-8H2,1H3. The molecular weight excluding hydrogens is 204 g/mol. The minimum absolute atomic E-state index is 0.341. The van der Waals surface area contributed by atoms with Crippen LogP contribution >= 0.6 is 0 Å². The van der Waals surface area contributed by atoms with Gasteiger partial charge in [-0.2, -0.15) is 0 Å². The van der Waals surface area contributed by atoms with Crippen molar-refractivity contribution < 1.29 is 9.47 Å². The van der Waals surface area contributed by atoms with E-state index in [-0.39, 0.29) is 0 Å². The van der Waals surface area contributed by atoms with E-state index in [1.54, 1.807) is 0 Å². The van der Waals surface area contributed by atoms with E-state index in [1.807, 2.05) is 6.07 Å². The van der Waals surface area contributed by atoms with Crippen LogP contribution in [0.3, 0.4) is 0 Å². The monoisotopic (exact) mass is 220 g/mol. The first-order valence-corrected chi connectivity index (χ1v) is 5.68. The van der Waals surface area contributed by atoms with Crippen LogP contribution in [0.2, 0.25) is 0 Å². The Morgan fingerprint density at radius 3 is 3.00 bits per heavy atom. The normalized spacial score (nSPS) is 22.4. The van der Waals surface area contributed by atoms with Crippen LogP contribution in [0.15, 0.2) is 18.2 Å². The molecular formula is C12H16N2O2. The van der Waals surface area contributed by atoms with Crippen LogP contribution in [0, 0.1) is 0 Å². The van der Waals surface area contributed by atoms with Crippen molar-refractivity contribution in [1.29, 1.82) is 0 Å². The van der Waals surface area contributed by atoms with Crippen molar-refractivity contribution in [2.45, 2.75) is 12.5 Å². The van der Waals surface area contributed by atoms with Crippen molar-refractivity contribution in [2.24, 2.45) is 0 Å². The lowest BCUT2D eigenvalue weighted by atomic mass is 10.2. The third-order valence-corrected chi connectivity index (χ3v) is 3.35. The number of nitrogens with one attached hydrogen (secondary N) is 1. The second-order valence-electron chi connectivity index (χ2n) is 4.30. The maximum atomic E-state index is 5.39. The van der Waals surface area contributed by atoms with Crippen LogP contribution in [0.25, 0.3) is 0 Å². The first-order chi connectivity index (χ1) is 7.84. The largest absolute Gasteiger partial charge is 0.454 e. The van der Waals surface area contributed by atoms with Gasteiger partial charge in [0.1, 0.15) is 0 Å². The SMILES string of the molecule is CN(c1ccc2c(c1)OCO2)C1CCNC1. The fourth-order valence-electron chi connectivity index (χ4n) is 2.29. The molecule has 0 spiro atoms. The van der Waals surface area contributed by atoms with E-state index >= 15 is 0 Å². The number of benzene rings is 1. The van der Waals surface area contributed by atoms with E-state index < -0.39 is 0 Å². The lowest BCUT2D eigenvalue weighted by Crippen LogP contribution is -2.33. The number of likely N-dealkylation sites (N-methyl/N-ethyl adjacent to an activating group) is 1. The Morgan fingerprint density at radius 2 is 2.19 bits per heavy atom. The molecule has 1 atom stereocenters. The summed E-state index contributed by atoms with van der Waals surface area (Å²) in [4.78, 5) is 2.31. The molecule has 0 aromatic heterocycles. The van der Waals surface area contributed by atoms with Crippen molar-refractivity contribution in [3.8, 4) is 11.5 Å². The van der Waals surface area contributed by atoms with Gasteiger partial charge in [-0.3, -0.25) is 0 Å². The van der Waals surface area contributed by atoms with Crippen LogP contribution in [0.1, 0.15) is 6.42 Å². The lowest BCUT2D eigenvalue weighted by Gasteiger charge is -2.26. The van der Waals surface area contributed by atoms with Gasteiger partial charge in [-0.25, -0.2) is 0 Å². The summed E-state index contributed by atoms with van der Waals surface area (Å²) in [5, 5.41) is 3.38. The first kappa shape index (κ1) is 9.78. The molecule has 16 heavy (non-hydrogen) atoms. The molecule has 2 aliphatic rings. The van der Waals surface area contributed by atoms with Gasteiger partial charge >= 0.3 is 0 Å². The number of hydrogen-bond donors (Lipinski definition) is 1. The molecule has 1 aromatic carbocycles. The molecule has 0 bridgehead atoms. The molecule has 4 nitrogen and oxygen atoms in total. The summed E-state index contributed by atoms with van der Waals surface area (Å²) in [5.41, 5.74) is 1.19. The number of hydrogen-bond acceptors (Lipinski definition) is 4. The second-order valence-corrected chi connectivity index (χ2v) is 4.30. The molecule has 1 unspecified atom stereocenters. The smallest absolute Gasteiger partial charge is 0.231 e. The number of fused-ring (bicyclic) bond motifs is 1. The van der Waals surface area contributed by atoms with Gasteiger partial charge in [0.05, 0.1) is 0 Å². The fourth-order valence-corrected chi connectivity index (χ4v) is 2.29. The summed E-state index contributed by atoms with van der Waals surface area (Å²) >= 11 is 0. The average molecular weight is 220 g/mol. The predicted molar refractivity (Wildman–Crippen MR) is 62.2 cm³/mol. The first-order valence-electron chi connectivity index (χ1n) is 5.68. The minimum Gasteiger partial charge on any atom is -0.454 e. The Labute approximate surface area is 95.1 Å². The lowest BCUT2D eigenvalue weighted by molar-refractivity contribution is 0.174. The highest BCUT2D eigenvalue weighted by Crippen LogP contribution is 2.35. The Morgan fingerprint density at radius 1 is 1.31 bits per heavy atom. The summed E-state index contributed by atoms with van der Waals surface area (Å²) in [6.45, 7) is 2.51. The van der Waals surface area contributed by atoms with E-state index in [0.29, 0.717) is 12.8 Å². The van der Waals surface area contributed by atoms with E-state index in [0.717, 1.165) is 24.6 Å². The average Bonchev–Trinajstić information content (AvgIpc) is 2.98. The van der Waals surface area contributed by atoms with Crippen molar-refractivity contribution in [3.63, 3.8) is 0 Å². The van der Waals surface area contributed by atoms with Crippen molar-refractivity contribution in [2.75, 3.05) is 31.8 Å². The summed E-state index contributed by atoms with van der Waals surface area (Å²) in [5.74, 6) is 1.71. The van der Waals surface area contributed by atoms with Crippen molar-refractivity contribution >= 4 is 5.69 Å². The maximum Gasteiger partial charge on any atom is 0.231 e. The highest BCUT2D eigenvalue weighted by Gasteiger charge is 2.21. The van der Waals surface area contributed by atoms with Gasteiger partial charge in [0.2, 0.25) is 6.79 Å². The molecule has 1 aromatic rings. The van der Waals surface area contributed by atoms with E-state index in [4.69, 9.17) is 9.47 Å². The van der Waals surface area contributed by atoms with Gasteiger partial charge in [0.25, 0.3) is 0 Å². The molecule has 0 aliphatic carbocycles. The van der Waals surface area contributed by atoms with Gasteiger partial charge in [-0.15, -0.1) is 0 Å². The molecule has 0 radical (unpaired) electrons. The third-order valence-electron chi connectivity index (χ3n) is 3.35. The molecule has 1 saturated heterocycles. The van der Waals surface area contributed by atoms with Gasteiger partial charge in [-0.05, 0) is 25.1 Å². The van der Waals surface area contributed by atoms with Crippen LogP contribution in [0.4, 0.5) is 5.69 Å². The van der Waals surface area contributed by atoms with E-state index in [9.17, 15) is 0 Å². The van der Waals surface area contributed by atoms with E-state index in [2.05, 4.69) is 29.4 Å². The van der Waals surface area contributed by atoms with E-state index in [1.165, 1.54) is 12.1 Å². The van der Waals surface area contributed by atoms with Crippen LogP contribution in [-0.2, 0) is 0 Å². The third kappa shape index (κ3) is 1.59.